The van der Waals surface area contributed by atoms with Crippen molar-refractivity contribution < 1.29 is 14.0 Å². The lowest BCUT2D eigenvalue weighted by Crippen LogP contribution is -2.54. The number of para-hydroxylation sites is 1. The maximum Gasteiger partial charge on any atom is 0.252 e. The molecule has 1 atom stereocenters. The standard InChI is InChI=1S/C22H21FN4O2S/c1-3-27-18-6-4-5-7-19(18)30-22(2,21(27)29)20(28)25-17-12-24-26(14-17)13-15-8-10-16(23)11-9-15/h4-12,14H,3,13H2,1-2H3,(H,25,28). The molecule has 1 aliphatic rings. The van der Waals surface area contributed by atoms with Crippen LogP contribution in [0.4, 0.5) is 15.8 Å². The van der Waals surface area contributed by atoms with Gasteiger partial charge in [0.15, 0.2) is 4.75 Å². The average Bonchev–Trinajstić information content (AvgIpc) is 3.17. The van der Waals surface area contributed by atoms with E-state index in [0.29, 0.717) is 18.8 Å². The minimum atomic E-state index is -1.29. The Kier molecular flexibility index (Phi) is 5.34. The molecule has 0 saturated carbocycles. The van der Waals surface area contributed by atoms with Gasteiger partial charge in [-0.1, -0.05) is 36.0 Å². The van der Waals surface area contributed by atoms with E-state index in [1.807, 2.05) is 31.2 Å². The van der Waals surface area contributed by atoms with Gasteiger partial charge in [-0.25, -0.2) is 4.39 Å². The number of carbonyl (C=O) groups excluding carboxylic acids is 2. The molecule has 0 bridgehead atoms. The SMILES string of the molecule is CCN1C(=O)C(C)(C(=O)Nc2cnn(Cc3ccc(F)cc3)c2)Sc2ccccc21. The molecular weight excluding hydrogens is 403 g/mol. The number of nitrogens with zero attached hydrogens (tertiary/aromatic N) is 3. The van der Waals surface area contributed by atoms with E-state index in [-0.39, 0.29) is 11.7 Å². The van der Waals surface area contributed by atoms with Crippen molar-refractivity contribution in [2.75, 3.05) is 16.8 Å². The van der Waals surface area contributed by atoms with Crippen molar-refractivity contribution in [2.45, 2.75) is 30.0 Å². The topological polar surface area (TPSA) is 67.2 Å². The Bertz CT molecular complexity index is 1100. The van der Waals surface area contributed by atoms with Gasteiger partial charge in [0, 0.05) is 17.6 Å². The molecule has 2 amide bonds. The number of halogens is 1. The highest BCUT2D eigenvalue weighted by Gasteiger charge is 2.48. The van der Waals surface area contributed by atoms with Crippen LogP contribution in [0.25, 0.3) is 0 Å². The van der Waals surface area contributed by atoms with Crippen LogP contribution in [-0.2, 0) is 16.1 Å². The van der Waals surface area contributed by atoms with Gasteiger partial charge in [-0.2, -0.15) is 5.10 Å². The van der Waals surface area contributed by atoms with Crippen molar-refractivity contribution in [1.82, 2.24) is 9.78 Å². The van der Waals surface area contributed by atoms with E-state index >= 15 is 0 Å². The van der Waals surface area contributed by atoms with E-state index in [1.54, 1.807) is 34.8 Å². The van der Waals surface area contributed by atoms with Crippen molar-refractivity contribution in [2.24, 2.45) is 0 Å². The van der Waals surface area contributed by atoms with Gasteiger partial charge in [-0.15, -0.1) is 0 Å². The number of thioether (sulfide) groups is 1. The number of hydrogen-bond donors (Lipinski definition) is 1. The van der Waals surface area contributed by atoms with Gasteiger partial charge in [0.1, 0.15) is 5.82 Å². The summed E-state index contributed by atoms with van der Waals surface area (Å²) in [4.78, 5) is 28.8. The predicted molar refractivity (Wildman–Crippen MR) is 115 cm³/mol. The maximum atomic E-state index is 13.1. The van der Waals surface area contributed by atoms with Crippen LogP contribution in [-0.4, -0.2) is 32.9 Å². The minimum absolute atomic E-state index is 0.245. The lowest BCUT2D eigenvalue weighted by Gasteiger charge is -2.38. The number of nitrogens with one attached hydrogen (secondary N) is 1. The number of aromatic nitrogens is 2. The van der Waals surface area contributed by atoms with E-state index in [9.17, 15) is 14.0 Å². The zero-order chi connectivity index (χ0) is 21.3. The predicted octanol–water partition coefficient (Wildman–Crippen LogP) is 3.93. The molecule has 1 aromatic heterocycles. The second kappa shape index (κ2) is 7.95. The average molecular weight is 425 g/mol. The molecule has 2 aromatic carbocycles. The summed E-state index contributed by atoms with van der Waals surface area (Å²) in [6, 6.07) is 13.7. The van der Waals surface area contributed by atoms with Crippen LogP contribution in [0, 0.1) is 5.82 Å². The summed E-state index contributed by atoms with van der Waals surface area (Å²) in [6.45, 7) is 4.46. The second-order valence-electron chi connectivity index (χ2n) is 7.16. The molecule has 1 N–H and O–H groups in total. The van der Waals surface area contributed by atoms with Gasteiger partial charge in [-0.3, -0.25) is 14.3 Å². The Labute approximate surface area is 178 Å². The molecule has 2 heterocycles. The van der Waals surface area contributed by atoms with Crippen molar-refractivity contribution >= 4 is 35.0 Å². The summed E-state index contributed by atoms with van der Waals surface area (Å²) in [7, 11) is 0. The van der Waals surface area contributed by atoms with Crippen LogP contribution in [0.1, 0.15) is 19.4 Å². The van der Waals surface area contributed by atoms with E-state index in [1.165, 1.54) is 30.1 Å². The minimum Gasteiger partial charge on any atom is -0.322 e. The first-order valence-electron chi connectivity index (χ1n) is 9.59. The Balaban J connectivity index is 1.52. The molecule has 154 valence electrons. The summed E-state index contributed by atoms with van der Waals surface area (Å²) in [5.41, 5.74) is 2.21. The Morgan fingerprint density at radius 2 is 1.93 bits per heavy atom. The molecular formula is C22H21FN4O2S. The Morgan fingerprint density at radius 1 is 1.20 bits per heavy atom. The fourth-order valence-corrected chi connectivity index (χ4v) is 4.61. The smallest absolute Gasteiger partial charge is 0.252 e. The molecule has 1 aliphatic heterocycles. The maximum absolute atomic E-state index is 13.1. The fourth-order valence-electron chi connectivity index (χ4n) is 3.40. The Morgan fingerprint density at radius 3 is 2.67 bits per heavy atom. The van der Waals surface area contributed by atoms with Crippen molar-refractivity contribution in [3.8, 4) is 0 Å². The first kappa shape index (κ1) is 20.2. The molecule has 0 spiro atoms. The van der Waals surface area contributed by atoms with Crippen molar-refractivity contribution in [1.29, 1.82) is 0 Å². The summed E-state index contributed by atoms with van der Waals surface area (Å²) in [5, 5.41) is 7.07. The largest absolute Gasteiger partial charge is 0.322 e. The first-order chi connectivity index (χ1) is 14.4. The van der Waals surface area contributed by atoms with Gasteiger partial charge in [0.25, 0.3) is 5.91 Å². The molecule has 0 fully saturated rings. The number of hydrogen-bond acceptors (Lipinski definition) is 4. The van der Waals surface area contributed by atoms with E-state index in [2.05, 4.69) is 10.4 Å². The Hall–Kier alpha value is -3.13. The molecule has 1 unspecified atom stereocenters. The number of anilines is 2. The number of benzene rings is 2. The zero-order valence-corrected chi connectivity index (χ0v) is 17.4. The van der Waals surface area contributed by atoms with Crippen LogP contribution in [0.2, 0.25) is 0 Å². The van der Waals surface area contributed by atoms with Gasteiger partial charge < -0.3 is 10.2 Å². The highest BCUT2D eigenvalue weighted by Crippen LogP contribution is 2.45. The summed E-state index contributed by atoms with van der Waals surface area (Å²) >= 11 is 1.26. The fraction of sp³-hybridized carbons (Fsp3) is 0.227. The highest BCUT2D eigenvalue weighted by atomic mass is 32.2. The lowest BCUT2D eigenvalue weighted by molar-refractivity contribution is -0.128. The van der Waals surface area contributed by atoms with Crippen molar-refractivity contribution in [3.05, 3.63) is 72.3 Å². The van der Waals surface area contributed by atoms with Crippen LogP contribution >= 0.6 is 11.8 Å². The summed E-state index contributed by atoms with van der Waals surface area (Å²) < 4.78 is 13.4. The molecule has 8 heteroatoms. The molecule has 0 saturated heterocycles. The molecule has 0 radical (unpaired) electrons. The van der Waals surface area contributed by atoms with Crippen LogP contribution in [0.3, 0.4) is 0 Å². The first-order valence-corrected chi connectivity index (χ1v) is 10.4. The third kappa shape index (κ3) is 3.70. The molecule has 6 nitrogen and oxygen atoms in total. The second-order valence-corrected chi connectivity index (χ2v) is 8.62. The molecule has 3 aromatic rings. The lowest BCUT2D eigenvalue weighted by atomic mass is 10.1. The number of rotatable bonds is 5. The third-order valence-corrected chi connectivity index (χ3v) is 6.36. The quantitative estimate of drug-likeness (QED) is 0.631. The van der Waals surface area contributed by atoms with Crippen LogP contribution < -0.4 is 10.2 Å². The third-order valence-electron chi connectivity index (χ3n) is 5.02. The normalized spacial score (nSPS) is 18.2. The summed E-state index contributed by atoms with van der Waals surface area (Å²) in [5.74, 6) is -0.936. The van der Waals surface area contributed by atoms with E-state index < -0.39 is 10.7 Å². The van der Waals surface area contributed by atoms with Gasteiger partial charge in [-0.05, 0) is 43.7 Å². The van der Waals surface area contributed by atoms with Crippen molar-refractivity contribution in [3.63, 3.8) is 0 Å². The number of amides is 2. The van der Waals surface area contributed by atoms with Gasteiger partial charge >= 0.3 is 0 Å². The summed E-state index contributed by atoms with van der Waals surface area (Å²) in [6.07, 6.45) is 3.22. The molecule has 0 aliphatic carbocycles. The molecule has 30 heavy (non-hydrogen) atoms. The van der Waals surface area contributed by atoms with Crippen LogP contribution in [0.5, 0.6) is 0 Å². The van der Waals surface area contributed by atoms with E-state index in [4.69, 9.17) is 0 Å². The highest BCUT2D eigenvalue weighted by molar-refractivity contribution is 8.02. The number of fused-ring (bicyclic) bond motifs is 1. The van der Waals surface area contributed by atoms with Gasteiger partial charge in [0.05, 0.1) is 24.1 Å². The van der Waals surface area contributed by atoms with Gasteiger partial charge in [0.2, 0.25) is 5.91 Å². The number of carbonyl (C=O) groups is 2. The zero-order valence-electron chi connectivity index (χ0n) is 16.6. The monoisotopic (exact) mass is 424 g/mol. The van der Waals surface area contributed by atoms with Crippen LogP contribution in [0.15, 0.2) is 65.8 Å². The van der Waals surface area contributed by atoms with E-state index in [0.717, 1.165) is 16.1 Å². The molecule has 4 rings (SSSR count).